The monoisotopic (exact) mass is 381 g/mol. The maximum absolute atomic E-state index is 12.6. The van der Waals surface area contributed by atoms with E-state index in [2.05, 4.69) is 15.3 Å². The lowest BCUT2D eigenvalue weighted by molar-refractivity contribution is -0.0329. The topological polar surface area (TPSA) is 54.9 Å². The number of nitrogens with zero attached hydrogens (tertiary/aromatic N) is 2. The summed E-state index contributed by atoms with van der Waals surface area (Å²) in [5.74, 6) is -0.686. The highest BCUT2D eigenvalue weighted by Crippen LogP contribution is 2.37. The summed E-state index contributed by atoms with van der Waals surface area (Å²) < 4.78 is 37.8. The Morgan fingerprint density at radius 2 is 1.84 bits per heavy atom. The van der Waals surface area contributed by atoms with Crippen molar-refractivity contribution in [3.63, 3.8) is 0 Å². The summed E-state index contributed by atoms with van der Waals surface area (Å²) in [6, 6.07) is 12.1. The number of aromatic nitrogens is 2. The van der Waals surface area contributed by atoms with Gasteiger partial charge in [-0.1, -0.05) is 41.7 Å². The molecule has 0 aliphatic heterocycles. The second kappa shape index (κ2) is 7.24. The van der Waals surface area contributed by atoms with Crippen molar-refractivity contribution in [2.75, 3.05) is 5.32 Å². The summed E-state index contributed by atoms with van der Waals surface area (Å²) in [7, 11) is 0. The average Bonchev–Trinajstić information content (AvgIpc) is 3.03. The van der Waals surface area contributed by atoms with Crippen LogP contribution in [0.25, 0.3) is 10.4 Å². The number of amides is 1. The van der Waals surface area contributed by atoms with E-state index < -0.39 is 28.2 Å². The molecule has 3 aromatic rings. The quantitative estimate of drug-likeness (QED) is 0.641. The summed E-state index contributed by atoms with van der Waals surface area (Å²) >= 11 is 0.815. The number of alkyl halides is 3. The third kappa shape index (κ3) is 4.58. The van der Waals surface area contributed by atoms with Crippen molar-refractivity contribution >= 4 is 34.1 Å². The van der Waals surface area contributed by atoms with Crippen molar-refractivity contribution in [2.24, 2.45) is 0 Å². The molecule has 0 atom stereocenters. The highest BCUT2D eigenvalue weighted by Gasteiger charge is 2.32. The molecule has 4 nitrogen and oxygen atoms in total. The lowest BCUT2D eigenvalue weighted by Crippen LogP contribution is -2.14. The van der Waals surface area contributed by atoms with Crippen LogP contribution in [0.2, 0.25) is 0 Å². The number of pyridine rings is 1. The van der Waals surface area contributed by atoms with E-state index in [1.807, 2.05) is 30.3 Å². The summed E-state index contributed by atoms with van der Waals surface area (Å²) in [5.41, 5.74) is -3.73. The fourth-order valence-electron chi connectivity index (χ4n) is 1.99. The zero-order valence-electron chi connectivity index (χ0n) is 12.4. The lowest BCUT2D eigenvalue weighted by Gasteiger charge is -2.09. The van der Waals surface area contributed by atoms with Gasteiger partial charge in [0.15, 0.2) is 5.13 Å². The molecule has 0 bridgehead atoms. The Morgan fingerprint density at radius 1 is 1.08 bits per heavy atom. The second-order valence-electron chi connectivity index (χ2n) is 4.75. The number of hydrogen-bond acceptors (Lipinski definition) is 5. The number of carbonyl (C=O) groups is 1. The van der Waals surface area contributed by atoms with E-state index in [0.717, 1.165) is 10.4 Å². The van der Waals surface area contributed by atoms with E-state index >= 15 is 0 Å². The fraction of sp³-hybridized carbons (Fsp3) is 0.0625. The van der Waals surface area contributed by atoms with Gasteiger partial charge in [-0.25, -0.2) is 9.97 Å². The SMILES string of the molecule is O=C(Nc1ncc(-c2ccccc2)s1)c1cccnc1SC(F)(F)F. The van der Waals surface area contributed by atoms with Crippen LogP contribution in [0.5, 0.6) is 0 Å². The molecule has 3 rings (SSSR count). The first kappa shape index (κ1) is 17.4. The zero-order valence-corrected chi connectivity index (χ0v) is 14.1. The third-order valence-electron chi connectivity index (χ3n) is 3.01. The number of rotatable bonds is 4. The molecule has 0 saturated carbocycles. The Balaban J connectivity index is 1.79. The number of halogens is 3. The highest BCUT2D eigenvalue weighted by molar-refractivity contribution is 8.00. The van der Waals surface area contributed by atoms with Crippen LogP contribution < -0.4 is 5.32 Å². The first-order chi connectivity index (χ1) is 11.9. The van der Waals surface area contributed by atoms with Gasteiger partial charge < -0.3 is 0 Å². The smallest absolute Gasteiger partial charge is 0.298 e. The largest absolute Gasteiger partial charge is 0.447 e. The minimum absolute atomic E-state index is 0.152. The lowest BCUT2D eigenvalue weighted by atomic mass is 10.2. The Labute approximate surface area is 149 Å². The fourth-order valence-corrected chi connectivity index (χ4v) is 3.41. The van der Waals surface area contributed by atoms with Gasteiger partial charge in [0.1, 0.15) is 5.03 Å². The number of nitrogens with one attached hydrogen (secondary N) is 1. The number of carbonyl (C=O) groups excluding carboxylic acids is 1. The van der Waals surface area contributed by atoms with E-state index in [4.69, 9.17) is 0 Å². The van der Waals surface area contributed by atoms with Crippen molar-refractivity contribution in [3.8, 4) is 10.4 Å². The molecule has 0 radical (unpaired) electrons. The van der Waals surface area contributed by atoms with Crippen molar-refractivity contribution in [1.29, 1.82) is 0 Å². The van der Waals surface area contributed by atoms with E-state index in [0.29, 0.717) is 5.13 Å². The van der Waals surface area contributed by atoms with Gasteiger partial charge in [-0.05, 0) is 17.7 Å². The van der Waals surface area contributed by atoms with Crippen molar-refractivity contribution in [2.45, 2.75) is 10.5 Å². The normalized spacial score (nSPS) is 11.3. The van der Waals surface area contributed by atoms with Gasteiger partial charge in [0.25, 0.3) is 5.91 Å². The predicted octanol–water partition coefficient (Wildman–Crippen LogP) is 5.07. The molecule has 0 saturated heterocycles. The minimum Gasteiger partial charge on any atom is -0.298 e. The van der Waals surface area contributed by atoms with E-state index in [-0.39, 0.29) is 5.56 Å². The average molecular weight is 381 g/mol. The summed E-state index contributed by atoms with van der Waals surface area (Å²) in [5, 5.41) is 2.43. The molecule has 128 valence electrons. The van der Waals surface area contributed by atoms with Crippen molar-refractivity contribution in [3.05, 3.63) is 60.4 Å². The molecule has 2 aromatic heterocycles. The summed E-state index contributed by atoms with van der Waals surface area (Å²) in [6.45, 7) is 0. The maximum Gasteiger partial charge on any atom is 0.447 e. The summed E-state index contributed by atoms with van der Waals surface area (Å²) in [4.78, 5) is 20.9. The van der Waals surface area contributed by atoms with Gasteiger partial charge in [-0.2, -0.15) is 13.2 Å². The van der Waals surface area contributed by atoms with Crippen LogP contribution in [0.15, 0.2) is 59.9 Å². The van der Waals surface area contributed by atoms with Gasteiger partial charge >= 0.3 is 5.51 Å². The highest BCUT2D eigenvalue weighted by atomic mass is 32.2. The van der Waals surface area contributed by atoms with Gasteiger partial charge in [-0.15, -0.1) is 0 Å². The van der Waals surface area contributed by atoms with Gasteiger partial charge in [-0.3, -0.25) is 10.1 Å². The Bertz CT molecular complexity index is 882. The van der Waals surface area contributed by atoms with Crippen LogP contribution in [0.1, 0.15) is 10.4 Å². The molecule has 1 N–H and O–H groups in total. The Hall–Kier alpha value is -2.39. The second-order valence-corrected chi connectivity index (χ2v) is 6.84. The van der Waals surface area contributed by atoms with Crippen molar-refractivity contribution in [1.82, 2.24) is 9.97 Å². The van der Waals surface area contributed by atoms with Crippen LogP contribution in [0.4, 0.5) is 18.3 Å². The molecular weight excluding hydrogens is 371 g/mol. The van der Waals surface area contributed by atoms with Gasteiger partial charge in [0, 0.05) is 24.2 Å². The molecule has 9 heteroatoms. The summed E-state index contributed by atoms with van der Waals surface area (Å²) in [6.07, 6.45) is 2.81. The predicted molar refractivity (Wildman–Crippen MR) is 91.7 cm³/mol. The minimum atomic E-state index is -4.52. The van der Waals surface area contributed by atoms with Crippen LogP contribution in [0.3, 0.4) is 0 Å². The standard InChI is InChI=1S/C16H10F3N3OS2/c17-16(18,19)25-14-11(7-4-8-20-14)13(23)22-15-21-9-12(24-15)10-5-2-1-3-6-10/h1-9H,(H,21,22,23). The molecule has 25 heavy (non-hydrogen) atoms. The molecular formula is C16H10F3N3OS2. The molecule has 0 unspecified atom stereocenters. The van der Waals surface area contributed by atoms with Crippen LogP contribution >= 0.6 is 23.1 Å². The third-order valence-corrected chi connectivity index (χ3v) is 4.72. The molecule has 0 spiro atoms. The molecule has 2 heterocycles. The van der Waals surface area contributed by atoms with Crippen LogP contribution in [-0.2, 0) is 0 Å². The maximum atomic E-state index is 12.6. The number of anilines is 1. The Kier molecular flexibility index (Phi) is 5.05. The number of thioether (sulfide) groups is 1. The first-order valence-corrected chi connectivity index (χ1v) is 8.59. The number of thiazole rings is 1. The molecule has 0 aliphatic carbocycles. The van der Waals surface area contributed by atoms with Crippen LogP contribution in [0, 0.1) is 0 Å². The molecule has 0 fully saturated rings. The van der Waals surface area contributed by atoms with E-state index in [1.165, 1.54) is 29.7 Å². The Morgan fingerprint density at radius 3 is 2.56 bits per heavy atom. The van der Waals surface area contributed by atoms with Crippen LogP contribution in [-0.4, -0.2) is 21.4 Å². The number of hydrogen-bond donors (Lipinski definition) is 1. The van der Waals surface area contributed by atoms with E-state index in [1.54, 1.807) is 6.20 Å². The zero-order chi connectivity index (χ0) is 17.9. The molecule has 1 aromatic carbocycles. The molecule has 1 amide bonds. The first-order valence-electron chi connectivity index (χ1n) is 6.96. The molecule has 0 aliphatic rings. The van der Waals surface area contributed by atoms with Gasteiger partial charge in [0.2, 0.25) is 0 Å². The van der Waals surface area contributed by atoms with E-state index in [9.17, 15) is 18.0 Å². The number of benzene rings is 1. The van der Waals surface area contributed by atoms with Crippen molar-refractivity contribution < 1.29 is 18.0 Å². The van der Waals surface area contributed by atoms with Gasteiger partial charge in [0.05, 0.1) is 10.4 Å².